The molecule has 0 atom stereocenters. The maximum Gasteiger partial charge on any atom is 0.160 e. The lowest BCUT2D eigenvalue weighted by molar-refractivity contribution is 1.18. The SMILES string of the molecule is c1ccc(-c2nc(-c3cc(-c4ccc5ccccc5c4)cc(-c4ccc5sc6ccccc6c5c4)c3)cc(-c3ccccc3-c3cccc4ccccc34)n2)cc1. The predicted molar refractivity (Wildman–Crippen MR) is 243 cm³/mol. The number of benzene rings is 9. The molecule has 0 aliphatic rings. The molecule has 0 aliphatic carbocycles. The third kappa shape index (κ3) is 6.06. The zero-order chi connectivity index (χ0) is 37.7. The Labute approximate surface area is 335 Å². The maximum absolute atomic E-state index is 5.34. The summed E-state index contributed by atoms with van der Waals surface area (Å²) in [4.78, 5) is 10.7. The summed E-state index contributed by atoms with van der Waals surface area (Å²) in [6.45, 7) is 0. The fourth-order valence-corrected chi connectivity index (χ4v) is 9.32. The van der Waals surface area contributed by atoms with Crippen molar-refractivity contribution in [2.45, 2.75) is 0 Å². The first-order valence-electron chi connectivity index (χ1n) is 19.3. The van der Waals surface area contributed by atoms with Gasteiger partial charge in [0.2, 0.25) is 0 Å². The Kier molecular flexibility index (Phi) is 8.04. The van der Waals surface area contributed by atoms with E-state index in [0.717, 1.165) is 50.3 Å². The van der Waals surface area contributed by atoms with Crippen molar-refractivity contribution in [3.05, 3.63) is 206 Å². The van der Waals surface area contributed by atoms with Crippen molar-refractivity contribution < 1.29 is 0 Å². The lowest BCUT2D eigenvalue weighted by Crippen LogP contribution is -1.97. The second kappa shape index (κ2) is 13.8. The minimum Gasteiger partial charge on any atom is -0.228 e. The van der Waals surface area contributed by atoms with Crippen molar-refractivity contribution in [3.63, 3.8) is 0 Å². The van der Waals surface area contributed by atoms with E-state index in [9.17, 15) is 0 Å². The predicted octanol–water partition coefficient (Wildman–Crippen LogP) is 15.2. The van der Waals surface area contributed by atoms with E-state index in [0.29, 0.717) is 5.82 Å². The molecule has 11 aromatic rings. The fraction of sp³-hybridized carbons (Fsp3) is 0. The molecule has 9 aromatic carbocycles. The van der Waals surface area contributed by atoms with Gasteiger partial charge in [0.15, 0.2) is 5.82 Å². The van der Waals surface area contributed by atoms with Crippen molar-refractivity contribution in [1.82, 2.24) is 9.97 Å². The van der Waals surface area contributed by atoms with Gasteiger partial charge in [0.25, 0.3) is 0 Å². The molecule has 11 rings (SSSR count). The van der Waals surface area contributed by atoms with Gasteiger partial charge in [-0.3, -0.25) is 0 Å². The van der Waals surface area contributed by atoms with Gasteiger partial charge in [0, 0.05) is 36.9 Å². The van der Waals surface area contributed by atoms with Crippen LogP contribution in [0.15, 0.2) is 206 Å². The highest BCUT2D eigenvalue weighted by atomic mass is 32.1. The number of aromatic nitrogens is 2. The summed E-state index contributed by atoms with van der Waals surface area (Å²) in [6.07, 6.45) is 0. The van der Waals surface area contributed by atoms with Crippen LogP contribution in [0.1, 0.15) is 0 Å². The van der Waals surface area contributed by atoms with Crippen molar-refractivity contribution in [2.75, 3.05) is 0 Å². The highest BCUT2D eigenvalue weighted by Crippen LogP contribution is 2.41. The van der Waals surface area contributed by atoms with E-state index in [1.54, 1.807) is 0 Å². The first kappa shape index (κ1) is 33.2. The van der Waals surface area contributed by atoms with Gasteiger partial charge in [-0.15, -0.1) is 11.3 Å². The zero-order valence-electron chi connectivity index (χ0n) is 30.9. The molecular formula is C54H34N2S. The van der Waals surface area contributed by atoms with Gasteiger partial charge in [0.05, 0.1) is 11.4 Å². The van der Waals surface area contributed by atoms with E-state index < -0.39 is 0 Å². The van der Waals surface area contributed by atoms with Gasteiger partial charge in [-0.05, 0) is 103 Å². The van der Waals surface area contributed by atoms with Crippen molar-refractivity contribution >= 4 is 53.1 Å². The van der Waals surface area contributed by atoms with E-state index in [1.165, 1.54) is 52.8 Å². The van der Waals surface area contributed by atoms with E-state index in [-0.39, 0.29) is 0 Å². The number of fused-ring (bicyclic) bond motifs is 5. The van der Waals surface area contributed by atoms with E-state index in [4.69, 9.17) is 9.97 Å². The van der Waals surface area contributed by atoms with Crippen LogP contribution in [0.4, 0.5) is 0 Å². The maximum atomic E-state index is 5.34. The molecule has 0 saturated heterocycles. The second-order valence-electron chi connectivity index (χ2n) is 14.6. The third-order valence-corrected chi connectivity index (χ3v) is 12.2. The van der Waals surface area contributed by atoms with Crippen LogP contribution in [0.25, 0.3) is 109 Å². The Bertz CT molecular complexity index is 3300. The quantitative estimate of drug-likeness (QED) is 0.170. The Morgan fingerprint density at radius 1 is 0.281 bits per heavy atom. The molecule has 2 heterocycles. The molecule has 0 radical (unpaired) electrons. The molecule has 0 fully saturated rings. The fourth-order valence-electron chi connectivity index (χ4n) is 8.23. The standard InChI is InChI=1S/C54H34N2S/c1-2-15-37(16-3-1)54-55-50(34-51(56-54)47-21-9-8-20-46(47)45-23-12-18-36-14-6-7-19-44(36)45)43-31-41(39-26-25-35-13-4-5-17-38(35)29-39)30-42(32-43)40-27-28-53-49(33-40)48-22-10-11-24-52(48)57-53/h1-34H. The third-order valence-electron chi connectivity index (χ3n) is 11.1. The lowest BCUT2D eigenvalue weighted by Gasteiger charge is -2.16. The summed E-state index contributed by atoms with van der Waals surface area (Å²) in [5.41, 5.74) is 11.8. The Morgan fingerprint density at radius 2 is 0.877 bits per heavy atom. The van der Waals surface area contributed by atoms with Gasteiger partial charge < -0.3 is 0 Å². The van der Waals surface area contributed by atoms with Crippen LogP contribution in [0.3, 0.4) is 0 Å². The van der Waals surface area contributed by atoms with Crippen LogP contribution in [-0.2, 0) is 0 Å². The highest BCUT2D eigenvalue weighted by Gasteiger charge is 2.17. The molecule has 0 N–H and O–H groups in total. The summed E-state index contributed by atoms with van der Waals surface area (Å²) in [7, 11) is 0. The summed E-state index contributed by atoms with van der Waals surface area (Å²) in [6, 6.07) is 74.1. The Balaban J connectivity index is 1.15. The van der Waals surface area contributed by atoms with Gasteiger partial charge in [-0.25, -0.2) is 9.97 Å². The van der Waals surface area contributed by atoms with Crippen molar-refractivity contribution in [1.29, 1.82) is 0 Å². The number of hydrogen-bond donors (Lipinski definition) is 0. The van der Waals surface area contributed by atoms with Gasteiger partial charge in [-0.1, -0.05) is 158 Å². The highest BCUT2D eigenvalue weighted by molar-refractivity contribution is 7.25. The van der Waals surface area contributed by atoms with Gasteiger partial charge >= 0.3 is 0 Å². The Hall–Kier alpha value is -7.20. The van der Waals surface area contributed by atoms with Gasteiger partial charge in [-0.2, -0.15) is 0 Å². The summed E-state index contributed by atoms with van der Waals surface area (Å²) < 4.78 is 2.60. The first-order chi connectivity index (χ1) is 28.2. The molecule has 0 spiro atoms. The minimum atomic E-state index is 0.694. The second-order valence-corrected chi connectivity index (χ2v) is 15.7. The van der Waals surface area contributed by atoms with Crippen LogP contribution in [0, 0.1) is 0 Å². The molecular weight excluding hydrogens is 709 g/mol. The lowest BCUT2D eigenvalue weighted by atomic mass is 9.91. The van der Waals surface area contributed by atoms with E-state index in [1.807, 2.05) is 17.4 Å². The average molecular weight is 743 g/mol. The van der Waals surface area contributed by atoms with E-state index >= 15 is 0 Å². The van der Waals surface area contributed by atoms with Crippen LogP contribution >= 0.6 is 11.3 Å². The van der Waals surface area contributed by atoms with Crippen molar-refractivity contribution in [3.8, 4) is 67.3 Å². The molecule has 0 saturated carbocycles. The molecule has 3 heteroatoms. The van der Waals surface area contributed by atoms with Crippen molar-refractivity contribution in [2.24, 2.45) is 0 Å². The molecule has 0 amide bonds. The number of nitrogens with zero attached hydrogens (tertiary/aromatic N) is 2. The number of hydrogen-bond acceptors (Lipinski definition) is 3. The molecule has 2 nitrogen and oxygen atoms in total. The largest absolute Gasteiger partial charge is 0.228 e. The summed E-state index contributed by atoms with van der Waals surface area (Å²) in [5, 5.41) is 7.45. The van der Waals surface area contributed by atoms with Crippen LogP contribution in [0.5, 0.6) is 0 Å². The molecule has 0 unspecified atom stereocenters. The minimum absolute atomic E-state index is 0.694. The zero-order valence-corrected chi connectivity index (χ0v) is 31.7. The normalized spacial score (nSPS) is 11.5. The molecule has 57 heavy (non-hydrogen) atoms. The Morgan fingerprint density at radius 3 is 1.74 bits per heavy atom. The van der Waals surface area contributed by atoms with Crippen LogP contribution < -0.4 is 0 Å². The first-order valence-corrected chi connectivity index (χ1v) is 20.1. The molecule has 0 aliphatic heterocycles. The van der Waals surface area contributed by atoms with E-state index in [2.05, 4.69) is 200 Å². The number of thiophene rings is 1. The molecule has 2 aromatic heterocycles. The van der Waals surface area contributed by atoms with Crippen LogP contribution in [0.2, 0.25) is 0 Å². The summed E-state index contributed by atoms with van der Waals surface area (Å²) >= 11 is 1.85. The smallest absolute Gasteiger partial charge is 0.160 e. The monoisotopic (exact) mass is 742 g/mol. The average Bonchev–Trinajstić information content (AvgIpc) is 3.67. The van der Waals surface area contributed by atoms with Gasteiger partial charge in [0.1, 0.15) is 0 Å². The molecule has 0 bridgehead atoms. The van der Waals surface area contributed by atoms with Crippen LogP contribution in [-0.4, -0.2) is 9.97 Å². The molecule has 266 valence electrons. The number of rotatable bonds is 6. The topological polar surface area (TPSA) is 25.8 Å². The summed E-state index contributed by atoms with van der Waals surface area (Å²) in [5.74, 6) is 0.694.